The van der Waals surface area contributed by atoms with Crippen LogP contribution < -0.4 is 4.74 Å². The summed E-state index contributed by atoms with van der Waals surface area (Å²) in [5, 5.41) is 9.68. The molecule has 2 heterocycles. The topological polar surface area (TPSA) is 50.5 Å². The van der Waals surface area contributed by atoms with Crippen molar-refractivity contribution in [1.29, 1.82) is 0 Å². The molecular formula is C19H27N3O2. The highest BCUT2D eigenvalue weighted by Gasteiger charge is 2.22. The molecule has 2 aromatic rings. The van der Waals surface area contributed by atoms with Crippen LogP contribution in [0.25, 0.3) is 0 Å². The smallest absolute Gasteiger partial charge is 0.146 e. The summed E-state index contributed by atoms with van der Waals surface area (Å²) < 4.78 is 7.76. The molecule has 1 aromatic carbocycles. The number of hydrogen-bond acceptors (Lipinski definition) is 4. The Morgan fingerprint density at radius 1 is 1.25 bits per heavy atom. The Bertz CT molecular complexity index is 628. The van der Waals surface area contributed by atoms with Gasteiger partial charge in [0.05, 0.1) is 6.10 Å². The van der Waals surface area contributed by atoms with Crippen molar-refractivity contribution >= 4 is 0 Å². The Labute approximate surface area is 143 Å². The van der Waals surface area contributed by atoms with Gasteiger partial charge in [-0.3, -0.25) is 4.90 Å². The van der Waals surface area contributed by atoms with Gasteiger partial charge in [-0.15, -0.1) is 0 Å². The zero-order valence-electron chi connectivity index (χ0n) is 14.6. The summed E-state index contributed by atoms with van der Waals surface area (Å²) >= 11 is 0. The minimum Gasteiger partial charge on any atom is -0.486 e. The number of rotatable bonds is 6. The maximum absolute atomic E-state index is 9.68. The standard InChI is InChI=1S/C19H27N3O2/c1-15(23)17-7-10-22(11-8-17)13-16-3-5-18(6-4-16)24-14-19-20-9-12-21(19)2/h3-6,9,12,15,17,23H,7-8,10-11,13-14H2,1-2H3. The van der Waals surface area contributed by atoms with Crippen LogP contribution in [-0.4, -0.2) is 38.8 Å². The fraction of sp³-hybridized carbons (Fsp3) is 0.526. The third kappa shape index (κ3) is 4.36. The van der Waals surface area contributed by atoms with Crippen molar-refractivity contribution in [2.75, 3.05) is 13.1 Å². The van der Waals surface area contributed by atoms with E-state index in [4.69, 9.17) is 4.74 Å². The lowest BCUT2D eigenvalue weighted by Gasteiger charge is -2.33. The minimum atomic E-state index is -0.178. The van der Waals surface area contributed by atoms with E-state index in [2.05, 4.69) is 22.0 Å². The molecule has 0 amide bonds. The average Bonchev–Trinajstić information content (AvgIpc) is 3.00. The number of likely N-dealkylation sites (tertiary alicyclic amines) is 1. The van der Waals surface area contributed by atoms with E-state index in [-0.39, 0.29) is 6.10 Å². The zero-order valence-corrected chi connectivity index (χ0v) is 14.6. The number of aryl methyl sites for hydroxylation is 1. The molecular weight excluding hydrogens is 302 g/mol. The predicted molar refractivity (Wildman–Crippen MR) is 93.7 cm³/mol. The van der Waals surface area contributed by atoms with Crippen LogP contribution in [0, 0.1) is 5.92 Å². The molecule has 1 unspecified atom stereocenters. The first-order chi connectivity index (χ1) is 11.6. The van der Waals surface area contributed by atoms with Gasteiger partial charge in [0.1, 0.15) is 18.2 Å². The van der Waals surface area contributed by atoms with Crippen molar-refractivity contribution in [2.45, 2.75) is 39.0 Å². The third-order valence-electron chi connectivity index (χ3n) is 4.93. The van der Waals surface area contributed by atoms with Crippen molar-refractivity contribution < 1.29 is 9.84 Å². The fourth-order valence-corrected chi connectivity index (χ4v) is 3.23. The van der Waals surface area contributed by atoms with Gasteiger partial charge in [-0.25, -0.2) is 4.98 Å². The van der Waals surface area contributed by atoms with Gasteiger partial charge >= 0.3 is 0 Å². The van der Waals surface area contributed by atoms with Crippen LogP contribution in [-0.2, 0) is 20.2 Å². The van der Waals surface area contributed by atoms with E-state index < -0.39 is 0 Å². The van der Waals surface area contributed by atoms with Gasteiger partial charge in [-0.05, 0) is 56.5 Å². The average molecular weight is 329 g/mol. The van der Waals surface area contributed by atoms with Gasteiger partial charge in [-0.2, -0.15) is 0 Å². The van der Waals surface area contributed by atoms with E-state index in [0.717, 1.165) is 44.0 Å². The fourth-order valence-electron chi connectivity index (χ4n) is 3.23. The van der Waals surface area contributed by atoms with E-state index >= 15 is 0 Å². The summed E-state index contributed by atoms with van der Waals surface area (Å²) in [6.45, 7) is 5.48. The molecule has 0 saturated carbocycles. The minimum absolute atomic E-state index is 0.178. The van der Waals surface area contributed by atoms with E-state index in [1.165, 1.54) is 5.56 Å². The maximum atomic E-state index is 9.68. The molecule has 1 aliphatic heterocycles. The van der Waals surface area contributed by atoms with Crippen molar-refractivity contribution in [1.82, 2.24) is 14.5 Å². The Hall–Kier alpha value is -1.85. The number of piperidine rings is 1. The highest BCUT2D eigenvalue weighted by molar-refractivity contribution is 5.27. The summed E-state index contributed by atoms with van der Waals surface area (Å²) in [7, 11) is 1.97. The normalized spacial score (nSPS) is 17.8. The molecule has 1 aromatic heterocycles. The molecule has 1 fully saturated rings. The lowest BCUT2D eigenvalue weighted by atomic mass is 9.92. The molecule has 130 valence electrons. The molecule has 5 nitrogen and oxygen atoms in total. The van der Waals surface area contributed by atoms with Crippen molar-refractivity contribution in [3.8, 4) is 5.75 Å². The number of hydrogen-bond donors (Lipinski definition) is 1. The molecule has 1 aliphatic rings. The number of aliphatic hydroxyl groups is 1. The second-order valence-corrected chi connectivity index (χ2v) is 6.74. The second kappa shape index (κ2) is 7.81. The van der Waals surface area contributed by atoms with Gasteiger partial charge in [0.2, 0.25) is 0 Å². The molecule has 1 N–H and O–H groups in total. The van der Waals surface area contributed by atoms with Crippen molar-refractivity contribution in [3.63, 3.8) is 0 Å². The summed E-state index contributed by atoms with van der Waals surface area (Å²) in [5.41, 5.74) is 1.30. The van der Waals surface area contributed by atoms with Crippen molar-refractivity contribution in [2.24, 2.45) is 13.0 Å². The summed E-state index contributed by atoms with van der Waals surface area (Å²) in [6.07, 6.45) is 5.69. The predicted octanol–water partition coefficient (Wildman–Crippen LogP) is 2.59. The molecule has 1 saturated heterocycles. The summed E-state index contributed by atoms with van der Waals surface area (Å²) in [4.78, 5) is 6.72. The van der Waals surface area contributed by atoms with E-state index in [9.17, 15) is 5.11 Å². The number of aromatic nitrogens is 2. The highest BCUT2D eigenvalue weighted by atomic mass is 16.5. The van der Waals surface area contributed by atoms with Gasteiger partial charge in [-0.1, -0.05) is 12.1 Å². The number of ether oxygens (including phenoxy) is 1. The summed E-state index contributed by atoms with van der Waals surface area (Å²) in [5.74, 6) is 2.25. The van der Waals surface area contributed by atoms with Gasteiger partial charge < -0.3 is 14.4 Å². The second-order valence-electron chi connectivity index (χ2n) is 6.74. The first-order valence-electron chi connectivity index (χ1n) is 8.70. The van der Waals surface area contributed by atoms with E-state index in [1.54, 1.807) is 6.20 Å². The van der Waals surface area contributed by atoms with Crippen LogP contribution in [0.1, 0.15) is 31.2 Å². The lowest BCUT2D eigenvalue weighted by molar-refractivity contribution is 0.0695. The maximum Gasteiger partial charge on any atom is 0.146 e. The van der Waals surface area contributed by atoms with Gasteiger partial charge in [0.25, 0.3) is 0 Å². The zero-order chi connectivity index (χ0) is 16.9. The van der Waals surface area contributed by atoms with E-state index in [0.29, 0.717) is 12.5 Å². The van der Waals surface area contributed by atoms with Crippen LogP contribution in [0.5, 0.6) is 5.75 Å². The van der Waals surface area contributed by atoms with Crippen LogP contribution >= 0.6 is 0 Å². The summed E-state index contributed by atoms with van der Waals surface area (Å²) in [6, 6.07) is 8.32. The molecule has 0 spiro atoms. The van der Waals surface area contributed by atoms with Crippen LogP contribution in [0.4, 0.5) is 0 Å². The first kappa shape index (κ1) is 17.0. The van der Waals surface area contributed by atoms with Gasteiger partial charge in [0.15, 0.2) is 0 Å². The number of benzene rings is 1. The molecule has 1 atom stereocenters. The van der Waals surface area contributed by atoms with E-state index in [1.807, 2.05) is 36.9 Å². The highest BCUT2D eigenvalue weighted by Crippen LogP contribution is 2.22. The molecule has 24 heavy (non-hydrogen) atoms. The third-order valence-corrected chi connectivity index (χ3v) is 4.93. The Kier molecular flexibility index (Phi) is 5.53. The Balaban J connectivity index is 1.47. The Morgan fingerprint density at radius 3 is 2.54 bits per heavy atom. The monoisotopic (exact) mass is 329 g/mol. The van der Waals surface area contributed by atoms with Gasteiger partial charge in [0, 0.05) is 26.0 Å². The molecule has 0 aliphatic carbocycles. The molecule has 5 heteroatoms. The molecule has 3 rings (SSSR count). The number of aliphatic hydroxyl groups excluding tert-OH is 1. The molecule has 0 bridgehead atoms. The molecule has 0 radical (unpaired) electrons. The Morgan fingerprint density at radius 2 is 1.96 bits per heavy atom. The quantitative estimate of drug-likeness (QED) is 0.885. The number of nitrogens with zero attached hydrogens (tertiary/aromatic N) is 3. The largest absolute Gasteiger partial charge is 0.486 e. The van der Waals surface area contributed by atoms with Crippen LogP contribution in [0.2, 0.25) is 0 Å². The number of imidazole rings is 1. The van der Waals surface area contributed by atoms with Crippen molar-refractivity contribution in [3.05, 3.63) is 48.0 Å². The SMILES string of the molecule is CC(O)C1CCN(Cc2ccc(OCc3nccn3C)cc2)CC1. The van der Waals surface area contributed by atoms with Crippen LogP contribution in [0.3, 0.4) is 0 Å². The van der Waals surface area contributed by atoms with Crippen LogP contribution in [0.15, 0.2) is 36.7 Å². The first-order valence-corrected chi connectivity index (χ1v) is 8.70. The lowest BCUT2D eigenvalue weighted by Crippen LogP contribution is -2.36.